The second kappa shape index (κ2) is 11.8. The average Bonchev–Trinajstić information content (AvgIpc) is 2.99. The summed E-state index contributed by atoms with van der Waals surface area (Å²) in [5.74, 6) is -0.171. The number of nitrogens with zero attached hydrogens (tertiary/aromatic N) is 3. The lowest BCUT2D eigenvalue weighted by molar-refractivity contribution is -0.138. The summed E-state index contributed by atoms with van der Waals surface area (Å²) in [6, 6.07) is 19.9. The maximum absolute atomic E-state index is 13.5. The van der Waals surface area contributed by atoms with E-state index >= 15 is 0 Å². The molecule has 5 nitrogen and oxygen atoms in total. The third-order valence-electron chi connectivity index (χ3n) is 7.15. The van der Waals surface area contributed by atoms with Crippen LogP contribution in [0, 0.1) is 0 Å². The van der Waals surface area contributed by atoms with Crippen molar-refractivity contribution in [3.63, 3.8) is 0 Å². The van der Waals surface area contributed by atoms with Gasteiger partial charge in [0.2, 0.25) is 0 Å². The number of likely N-dealkylation sites (tertiary alicyclic amines) is 1. The van der Waals surface area contributed by atoms with Gasteiger partial charge in [-0.15, -0.1) is 5.10 Å². The lowest BCUT2D eigenvalue weighted by Gasteiger charge is -2.31. The molecule has 0 unspecified atom stereocenters. The SMILES string of the molecule is O=C(OCc1ccccc1)N1CCC(c2cc(-c3cccc(C(F)(F)F)c3)c(-c3cccc(C(F)(F)F)c3)nn2)CC1. The maximum atomic E-state index is 13.5. The Morgan fingerprint density at radius 1 is 0.762 bits per heavy atom. The summed E-state index contributed by atoms with van der Waals surface area (Å²) in [7, 11) is 0. The van der Waals surface area contributed by atoms with Crippen molar-refractivity contribution in [1.29, 1.82) is 0 Å². The third kappa shape index (κ3) is 6.72. The largest absolute Gasteiger partial charge is 0.445 e. The number of hydrogen-bond donors (Lipinski definition) is 0. The van der Waals surface area contributed by atoms with Crippen LogP contribution in [0.15, 0.2) is 84.9 Å². The Labute approximate surface area is 237 Å². The fourth-order valence-electron chi connectivity index (χ4n) is 4.91. The highest BCUT2D eigenvalue weighted by Gasteiger charge is 2.33. The zero-order chi connectivity index (χ0) is 29.9. The number of rotatable bonds is 5. The molecule has 11 heteroatoms. The van der Waals surface area contributed by atoms with E-state index in [9.17, 15) is 31.1 Å². The van der Waals surface area contributed by atoms with Crippen LogP contribution in [-0.4, -0.2) is 34.3 Å². The van der Waals surface area contributed by atoms with Crippen LogP contribution in [0.1, 0.15) is 41.1 Å². The van der Waals surface area contributed by atoms with Crippen LogP contribution in [0.3, 0.4) is 0 Å². The Kier molecular flexibility index (Phi) is 8.20. The predicted molar refractivity (Wildman–Crippen MR) is 143 cm³/mol. The molecule has 0 aliphatic carbocycles. The van der Waals surface area contributed by atoms with Crippen molar-refractivity contribution in [3.8, 4) is 22.4 Å². The molecule has 1 aromatic heterocycles. The molecule has 42 heavy (non-hydrogen) atoms. The normalized spacial score (nSPS) is 14.6. The predicted octanol–water partition coefficient (Wildman–Crippen LogP) is 8.36. The zero-order valence-corrected chi connectivity index (χ0v) is 22.1. The standard InChI is InChI=1S/C31H25F6N3O2/c32-30(33,34)24-10-4-8-22(16-24)26-18-27(38-39-28(26)23-9-5-11-25(17-23)31(35,36)37)21-12-14-40(15-13-21)29(41)42-19-20-6-2-1-3-7-20/h1-11,16-18,21H,12-15,19H2. The van der Waals surface area contributed by atoms with Crippen molar-refractivity contribution < 1.29 is 35.9 Å². The first kappa shape index (κ1) is 29.1. The number of carbonyl (C=O) groups is 1. The van der Waals surface area contributed by atoms with Gasteiger partial charge in [0.25, 0.3) is 0 Å². The van der Waals surface area contributed by atoms with Gasteiger partial charge in [-0.05, 0) is 54.3 Å². The van der Waals surface area contributed by atoms with Crippen molar-refractivity contribution in [2.75, 3.05) is 13.1 Å². The molecule has 1 aliphatic rings. The Hall–Kier alpha value is -4.41. The molecule has 1 fully saturated rings. The van der Waals surface area contributed by atoms with Gasteiger partial charge in [-0.3, -0.25) is 0 Å². The fourth-order valence-corrected chi connectivity index (χ4v) is 4.91. The minimum atomic E-state index is -4.62. The van der Waals surface area contributed by atoms with Crippen LogP contribution < -0.4 is 0 Å². The van der Waals surface area contributed by atoms with Gasteiger partial charge in [0, 0.05) is 30.1 Å². The topological polar surface area (TPSA) is 55.3 Å². The lowest BCUT2D eigenvalue weighted by atomic mass is 9.90. The van der Waals surface area contributed by atoms with E-state index in [1.165, 1.54) is 24.3 Å². The second-order valence-corrected chi connectivity index (χ2v) is 9.99. The molecule has 0 bridgehead atoms. The van der Waals surface area contributed by atoms with E-state index in [-0.39, 0.29) is 34.9 Å². The number of amides is 1. The summed E-state index contributed by atoms with van der Waals surface area (Å²) in [6.45, 7) is 0.880. The minimum absolute atomic E-state index is 0.0334. The van der Waals surface area contributed by atoms with Crippen LogP contribution in [0.4, 0.5) is 31.1 Å². The molecule has 3 aromatic carbocycles. The Bertz CT molecular complexity index is 1550. The number of benzene rings is 3. The van der Waals surface area contributed by atoms with Crippen LogP contribution in [-0.2, 0) is 23.7 Å². The van der Waals surface area contributed by atoms with E-state index in [0.717, 1.165) is 29.8 Å². The fraction of sp³-hybridized carbons (Fsp3) is 0.258. The van der Waals surface area contributed by atoms with Crippen LogP contribution in [0.5, 0.6) is 0 Å². The first-order valence-corrected chi connectivity index (χ1v) is 13.2. The number of ether oxygens (including phenoxy) is 1. The Morgan fingerprint density at radius 2 is 1.36 bits per heavy atom. The molecule has 1 amide bonds. The van der Waals surface area contributed by atoms with Crippen molar-refractivity contribution in [2.24, 2.45) is 0 Å². The van der Waals surface area contributed by atoms with E-state index in [1.807, 2.05) is 30.3 Å². The number of piperidine rings is 1. The van der Waals surface area contributed by atoms with E-state index in [0.29, 0.717) is 31.6 Å². The van der Waals surface area contributed by atoms with Crippen LogP contribution >= 0.6 is 0 Å². The van der Waals surface area contributed by atoms with Gasteiger partial charge in [-0.1, -0.05) is 54.6 Å². The highest BCUT2D eigenvalue weighted by Crippen LogP contribution is 2.39. The van der Waals surface area contributed by atoms with Crippen molar-refractivity contribution in [3.05, 3.63) is 107 Å². The quantitative estimate of drug-likeness (QED) is 0.221. The molecule has 5 rings (SSSR count). The smallest absolute Gasteiger partial charge is 0.416 e. The van der Waals surface area contributed by atoms with Gasteiger partial charge in [0.1, 0.15) is 12.3 Å². The highest BCUT2D eigenvalue weighted by atomic mass is 19.4. The van der Waals surface area contributed by atoms with E-state index in [4.69, 9.17) is 4.74 Å². The van der Waals surface area contributed by atoms with E-state index in [1.54, 1.807) is 11.0 Å². The molecule has 0 spiro atoms. The summed E-state index contributed by atoms with van der Waals surface area (Å²) in [5.41, 5.74) is 0.0290. The molecule has 0 N–H and O–H groups in total. The van der Waals surface area contributed by atoms with Gasteiger partial charge in [0.05, 0.1) is 16.8 Å². The molecule has 0 atom stereocenters. The zero-order valence-electron chi connectivity index (χ0n) is 22.1. The first-order valence-electron chi connectivity index (χ1n) is 13.2. The molecule has 4 aromatic rings. The van der Waals surface area contributed by atoms with Crippen molar-refractivity contribution in [1.82, 2.24) is 15.1 Å². The molecule has 2 heterocycles. The summed E-state index contributed by atoms with van der Waals surface area (Å²) < 4.78 is 86.2. The number of carbonyl (C=O) groups excluding carboxylic acids is 1. The van der Waals surface area contributed by atoms with Crippen molar-refractivity contribution >= 4 is 6.09 Å². The van der Waals surface area contributed by atoms with Gasteiger partial charge in [0.15, 0.2) is 0 Å². The molecule has 0 radical (unpaired) electrons. The molecule has 0 saturated carbocycles. The monoisotopic (exact) mass is 585 g/mol. The Balaban J connectivity index is 1.41. The van der Waals surface area contributed by atoms with E-state index in [2.05, 4.69) is 10.2 Å². The van der Waals surface area contributed by atoms with Crippen LogP contribution in [0.25, 0.3) is 22.4 Å². The summed E-state index contributed by atoms with van der Waals surface area (Å²) in [4.78, 5) is 14.2. The number of halogens is 6. The van der Waals surface area contributed by atoms with Gasteiger partial charge >= 0.3 is 18.4 Å². The lowest BCUT2D eigenvalue weighted by Crippen LogP contribution is -2.38. The summed E-state index contributed by atoms with van der Waals surface area (Å²) in [6.07, 6.45) is -8.68. The molecular formula is C31H25F6N3O2. The van der Waals surface area contributed by atoms with Gasteiger partial charge < -0.3 is 9.64 Å². The molecule has 1 aliphatic heterocycles. The van der Waals surface area contributed by atoms with Gasteiger partial charge in [-0.2, -0.15) is 31.4 Å². The number of alkyl halides is 6. The minimum Gasteiger partial charge on any atom is -0.445 e. The number of hydrogen-bond acceptors (Lipinski definition) is 4. The first-order chi connectivity index (χ1) is 20.0. The highest BCUT2D eigenvalue weighted by molar-refractivity contribution is 5.81. The third-order valence-corrected chi connectivity index (χ3v) is 7.15. The van der Waals surface area contributed by atoms with Crippen LogP contribution in [0.2, 0.25) is 0 Å². The summed E-state index contributed by atoms with van der Waals surface area (Å²) >= 11 is 0. The molecular weight excluding hydrogens is 560 g/mol. The molecule has 218 valence electrons. The van der Waals surface area contributed by atoms with Crippen molar-refractivity contribution in [2.45, 2.75) is 37.7 Å². The average molecular weight is 586 g/mol. The second-order valence-electron chi connectivity index (χ2n) is 9.99. The number of aromatic nitrogens is 2. The van der Waals surface area contributed by atoms with Gasteiger partial charge in [-0.25, -0.2) is 4.79 Å². The van der Waals surface area contributed by atoms with E-state index < -0.39 is 29.6 Å². The Morgan fingerprint density at radius 3 is 1.98 bits per heavy atom. The summed E-state index contributed by atoms with van der Waals surface area (Å²) in [5, 5.41) is 8.51. The molecule has 1 saturated heterocycles. The maximum Gasteiger partial charge on any atom is 0.416 e.